The van der Waals surface area contributed by atoms with Crippen LogP contribution in [0.3, 0.4) is 0 Å². The maximum atomic E-state index is 14.7. The molecule has 0 bridgehead atoms. The first-order chi connectivity index (χ1) is 42.6. The van der Waals surface area contributed by atoms with E-state index in [0.29, 0.717) is 28.6 Å². The van der Waals surface area contributed by atoms with Gasteiger partial charge >= 0.3 is 0 Å². The number of nitrogens with zero attached hydrogens (tertiary/aromatic N) is 4. The number of carbonyl (C=O) groups excluding carboxylic acids is 7. The molecule has 3 aliphatic rings. The number of fused-ring (bicyclic) bond motifs is 2. The summed E-state index contributed by atoms with van der Waals surface area (Å²) in [6.07, 6.45) is -7.40. The third kappa shape index (κ3) is 18.4. The lowest BCUT2D eigenvalue weighted by atomic mass is 9.98. The number of aromatic nitrogens is 2. The van der Waals surface area contributed by atoms with E-state index in [4.69, 9.17) is 25.7 Å². The number of benzene rings is 3. The highest BCUT2D eigenvalue weighted by Gasteiger charge is 2.50. The van der Waals surface area contributed by atoms with Crippen LogP contribution in [-0.2, 0) is 39.9 Å². The molecule has 16 N–H and O–H groups in total. The molecule has 89 heavy (non-hydrogen) atoms. The number of nitrogens with one attached hydrogen (secondary N) is 5. The first kappa shape index (κ1) is 69.0. The van der Waals surface area contributed by atoms with Crippen molar-refractivity contribution in [1.29, 1.82) is 0 Å². The summed E-state index contributed by atoms with van der Waals surface area (Å²) in [5.41, 5.74) is 13.1. The molecule has 3 aromatic carbocycles. The van der Waals surface area contributed by atoms with Gasteiger partial charge in [-0.2, -0.15) is 0 Å². The van der Waals surface area contributed by atoms with Crippen LogP contribution in [0.5, 0.6) is 17.2 Å². The van der Waals surface area contributed by atoms with E-state index in [9.17, 15) is 69.3 Å². The normalized spacial score (nSPS) is 25.1. The minimum atomic E-state index is -2.04. The molecule has 0 unspecified atom stereocenters. The molecule has 3 fully saturated rings. The van der Waals surface area contributed by atoms with Crippen LogP contribution in [0, 0.1) is 5.92 Å². The number of phenols is 1. The Morgan fingerprint density at radius 3 is 1.99 bits per heavy atom. The number of ether oxygens (including phenoxy) is 3. The molecule has 29 heteroatoms. The van der Waals surface area contributed by atoms with Crippen LogP contribution < -0.4 is 47.5 Å². The van der Waals surface area contributed by atoms with Crippen molar-refractivity contribution in [3.05, 3.63) is 77.9 Å². The number of rotatable bonds is 23. The summed E-state index contributed by atoms with van der Waals surface area (Å²) < 4.78 is 16.7. The van der Waals surface area contributed by atoms with Crippen LogP contribution in [0.4, 0.5) is 0 Å². The van der Waals surface area contributed by atoms with Gasteiger partial charge in [0.15, 0.2) is 11.5 Å². The molecule has 1 aromatic heterocycles. The minimum Gasteiger partial charge on any atom is -0.504 e. The second-order valence-electron chi connectivity index (χ2n) is 22.6. The summed E-state index contributed by atoms with van der Waals surface area (Å²) in [6, 6.07) is 6.71. The van der Waals surface area contributed by atoms with Gasteiger partial charge in [0.25, 0.3) is 5.91 Å². The van der Waals surface area contributed by atoms with E-state index < -0.39 is 152 Å². The second kappa shape index (κ2) is 32.9. The van der Waals surface area contributed by atoms with Gasteiger partial charge in [-0.25, -0.2) is 0 Å². The van der Waals surface area contributed by atoms with Crippen LogP contribution in [0.15, 0.2) is 66.7 Å². The highest BCUT2D eigenvalue weighted by atomic mass is 32.1. The lowest BCUT2D eigenvalue weighted by Crippen LogP contribution is -2.64. The van der Waals surface area contributed by atoms with Crippen molar-refractivity contribution in [1.82, 2.24) is 46.6 Å². The number of hydrogen-bond donors (Lipinski definition) is 14. The summed E-state index contributed by atoms with van der Waals surface area (Å²) >= 11 is 1.30. The molecule has 3 saturated heterocycles. The summed E-state index contributed by atoms with van der Waals surface area (Å²) in [4.78, 5) is 103. The first-order valence-electron chi connectivity index (χ1n) is 29.8. The third-order valence-corrected chi connectivity index (χ3v) is 16.7. The van der Waals surface area contributed by atoms with Gasteiger partial charge in [-0.3, -0.25) is 33.6 Å². The number of carbonyl (C=O) groups is 7. The Morgan fingerprint density at radius 1 is 0.708 bits per heavy atom. The number of aromatic hydroxyl groups is 1. The van der Waals surface area contributed by atoms with Crippen molar-refractivity contribution in [2.24, 2.45) is 17.4 Å². The number of methoxy groups -OCH3 is 1. The lowest BCUT2D eigenvalue weighted by Gasteiger charge is -2.34. The van der Waals surface area contributed by atoms with E-state index in [0.717, 1.165) is 60.3 Å². The summed E-state index contributed by atoms with van der Waals surface area (Å²) in [5.74, 6) is -7.88. The van der Waals surface area contributed by atoms with E-state index in [1.807, 2.05) is 24.3 Å². The van der Waals surface area contributed by atoms with Gasteiger partial charge in [0.05, 0.1) is 49.8 Å². The fourth-order valence-corrected chi connectivity index (χ4v) is 11.6. The van der Waals surface area contributed by atoms with Gasteiger partial charge in [0.1, 0.15) is 52.0 Å². The topological polar surface area (TPSA) is 433 Å². The highest BCUT2D eigenvalue weighted by Crippen LogP contribution is 2.33. The molecule has 4 heterocycles. The van der Waals surface area contributed by atoms with Crippen LogP contribution in [-0.4, -0.2) is 230 Å². The maximum Gasteiger partial charge on any atom is 0.251 e. The zero-order chi connectivity index (χ0) is 64.5. The van der Waals surface area contributed by atoms with E-state index in [2.05, 4.69) is 36.8 Å². The van der Waals surface area contributed by atoms with E-state index in [1.165, 1.54) is 48.6 Å². The molecular formula is C60H83N11O17S. The largest absolute Gasteiger partial charge is 0.504 e. The maximum absolute atomic E-state index is 14.7. The molecule has 7 amide bonds. The zero-order valence-electron chi connectivity index (χ0n) is 49.9. The molecule has 7 rings (SSSR count). The van der Waals surface area contributed by atoms with E-state index in [1.54, 1.807) is 19.2 Å². The highest BCUT2D eigenvalue weighted by molar-refractivity contribution is 7.17. The van der Waals surface area contributed by atoms with Gasteiger partial charge in [-0.05, 0) is 106 Å². The van der Waals surface area contributed by atoms with Crippen LogP contribution in [0.1, 0.15) is 81.1 Å². The summed E-state index contributed by atoms with van der Waals surface area (Å²) in [7, 11) is 1.69. The standard InChI is InChI=1S/C60H83N11O17S/c1-32-30-71-50(51(32)78)56(83)63-29-38(73)27-41(64-52(79)35-10-12-36(13-11-35)57-68-69-58(89-57)37-14-16-40(17-15-37)87-23-7-5-4-6-22-86-3)53(80)65-47(33(2)72)59(84)70-31-39(74)28-42(70)54(81)66-48(55(82)67-49(60(71)85)44(76)19-21-62)45(77)25-34-9-18-43(75)46(26-34)88-24-8-20-61/h9-18,26,32-33,38-39,41-42,44-45,47-51,72-78H,4-8,19-25,27-31,61-62H2,1-3H3,(H,63,83)(H,64,79)(H,65,80)(H,66,81)(H,67,82)/t32-,33+,38+,39+,41-,42-,44+,45+,47-,48-,49-,50-,51-/m0/s1. The number of nitrogens with two attached hydrogens (primary N) is 2. The fraction of sp³-hybridized carbons (Fsp3) is 0.550. The number of hydrogen-bond acceptors (Lipinski definition) is 22. The molecule has 3 aliphatic heterocycles. The van der Waals surface area contributed by atoms with Gasteiger partial charge < -0.3 is 97.8 Å². The predicted octanol–water partition coefficient (Wildman–Crippen LogP) is -1.81. The Hall–Kier alpha value is -7.45. The Morgan fingerprint density at radius 2 is 1.34 bits per heavy atom. The molecule has 4 aromatic rings. The van der Waals surface area contributed by atoms with E-state index >= 15 is 0 Å². The second-order valence-corrected chi connectivity index (χ2v) is 23.6. The zero-order valence-corrected chi connectivity index (χ0v) is 50.8. The lowest BCUT2D eigenvalue weighted by molar-refractivity contribution is -0.147. The van der Waals surface area contributed by atoms with E-state index in [-0.39, 0.29) is 55.3 Å². The van der Waals surface area contributed by atoms with Crippen LogP contribution in [0.2, 0.25) is 0 Å². The van der Waals surface area contributed by atoms with Gasteiger partial charge in [0, 0.05) is 75.2 Å². The molecule has 28 nitrogen and oxygen atoms in total. The van der Waals surface area contributed by atoms with Gasteiger partial charge in [0.2, 0.25) is 35.4 Å². The number of phenolic OH excluding ortho intramolecular Hbond substituents is 1. The molecule has 0 aliphatic carbocycles. The van der Waals surface area contributed by atoms with Crippen molar-refractivity contribution in [3.63, 3.8) is 0 Å². The Bertz CT molecular complexity index is 3030. The number of unbranched alkanes of at least 4 members (excludes halogenated alkanes) is 3. The number of aliphatic hydroxyl groups excluding tert-OH is 6. The molecule has 0 radical (unpaired) electrons. The van der Waals surface area contributed by atoms with Crippen molar-refractivity contribution in [2.45, 2.75) is 145 Å². The average Bonchev–Trinajstić information content (AvgIpc) is 2.51. The Kier molecular flexibility index (Phi) is 25.5. The number of aliphatic hydroxyl groups is 6. The molecule has 0 spiro atoms. The number of amides is 7. The van der Waals surface area contributed by atoms with Crippen molar-refractivity contribution in [2.75, 3.05) is 59.7 Å². The first-order valence-corrected chi connectivity index (χ1v) is 30.6. The Balaban J connectivity index is 1.15. The van der Waals surface area contributed by atoms with Crippen LogP contribution >= 0.6 is 11.3 Å². The van der Waals surface area contributed by atoms with Gasteiger partial charge in [-0.1, -0.05) is 42.9 Å². The summed E-state index contributed by atoms with van der Waals surface area (Å²) in [6.45, 7) is 2.71. The van der Waals surface area contributed by atoms with Crippen molar-refractivity contribution >= 4 is 52.7 Å². The number of β-amino-alcohol motifs (C(OH)–C–C–N with tert-alkyl or cyclic N) is 1. The summed E-state index contributed by atoms with van der Waals surface area (Å²) in [5, 5.41) is 101. The smallest absolute Gasteiger partial charge is 0.251 e. The molecule has 486 valence electrons. The van der Waals surface area contributed by atoms with Crippen LogP contribution in [0.25, 0.3) is 21.1 Å². The van der Waals surface area contributed by atoms with Crippen molar-refractivity contribution < 1.29 is 83.5 Å². The average molecular weight is 1260 g/mol. The third-order valence-electron chi connectivity index (χ3n) is 15.7. The fourth-order valence-electron chi connectivity index (χ4n) is 10.7. The van der Waals surface area contributed by atoms with Crippen molar-refractivity contribution in [3.8, 4) is 38.4 Å². The SMILES string of the molecule is COCCCCCCOc1ccc(-c2nnc(-c3ccc(C(=O)N[C@H]4C[C@@H](O)CNC(=O)[C@@H]5[C@@H](O)[C@@H](C)CN5C(=O)[C@H]([C@H](O)CCN)NC(=O)[C@H]([C@H](O)Cc5ccc(O)c(OCCCN)c5)NC(=O)[C@@H]5C[C@@H](O)CN5C(=O)[C@H]([C@@H](C)O)NC4=O)cc3)s2)cc1. The molecule has 13 atom stereocenters. The minimum absolute atomic E-state index is 0.00286. The predicted molar refractivity (Wildman–Crippen MR) is 322 cm³/mol. The van der Waals surface area contributed by atoms with Gasteiger partial charge in [-0.15, -0.1) is 10.2 Å². The monoisotopic (exact) mass is 1260 g/mol. The molecule has 0 saturated carbocycles. The molecular weight excluding hydrogens is 1180 g/mol. The quantitative estimate of drug-likeness (QED) is 0.0364. The Labute approximate surface area is 518 Å².